The molecule has 2 rings (SSSR count). The Kier molecular flexibility index (Phi) is 6.63. The maximum absolute atomic E-state index is 11.9. The highest BCUT2D eigenvalue weighted by Gasteiger charge is 2.26. The van der Waals surface area contributed by atoms with Gasteiger partial charge >= 0.3 is 0 Å². The first kappa shape index (κ1) is 15.4. The van der Waals surface area contributed by atoms with Crippen molar-refractivity contribution in [3.63, 3.8) is 0 Å². The summed E-state index contributed by atoms with van der Waals surface area (Å²) in [6, 6.07) is 1.60. The van der Waals surface area contributed by atoms with Crippen molar-refractivity contribution >= 4 is 29.7 Å². The van der Waals surface area contributed by atoms with Gasteiger partial charge < -0.3 is 15.8 Å². The molecule has 102 valence electrons. The molecule has 1 amide bonds. The number of carbonyl (C=O) groups is 1. The number of thiophene rings is 1. The van der Waals surface area contributed by atoms with Crippen LogP contribution in [-0.2, 0) is 16.1 Å². The smallest absolute Gasteiger partial charge is 0.237 e. The maximum Gasteiger partial charge on any atom is 0.237 e. The highest BCUT2D eigenvalue weighted by molar-refractivity contribution is 7.07. The van der Waals surface area contributed by atoms with Gasteiger partial charge in [0, 0.05) is 19.8 Å². The molecule has 1 aromatic rings. The first-order valence-electron chi connectivity index (χ1n) is 5.89. The second-order valence-electron chi connectivity index (χ2n) is 4.32. The first-order chi connectivity index (χ1) is 8.27. The Bertz CT molecular complexity index is 353. The fourth-order valence-electron chi connectivity index (χ4n) is 1.99. The highest BCUT2D eigenvalue weighted by atomic mass is 35.5. The predicted molar refractivity (Wildman–Crippen MR) is 74.9 cm³/mol. The summed E-state index contributed by atoms with van der Waals surface area (Å²) in [5, 5.41) is 6.91. The van der Waals surface area contributed by atoms with E-state index in [9.17, 15) is 4.79 Å². The van der Waals surface area contributed by atoms with Gasteiger partial charge in [-0.25, -0.2) is 0 Å². The van der Waals surface area contributed by atoms with Crippen molar-refractivity contribution in [2.75, 3.05) is 13.2 Å². The molecule has 2 heterocycles. The van der Waals surface area contributed by atoms with Gasteiger partial charge in [0.2, 0.25) is 5.91 Å². The van der Waals surface area contributed by atoms with Crippen LogP contribution in [0, 0.1) is 5.92 Å². The molecule has 1 aliphatic rings. The van der Waals surface area contributed by atoms with Crippen LogP contribution in [-0.4, -0.2) is 25.2 Å². The normalized spacial score (nSPS) is 17.8. The average molecular weight is 291 g/mol. The van der Waals surface area contributed by atoms with Gasteiger partial charge in [-0.1, -0.05) is 0 Å². The number of hydrogen-bond acceptors (Lipinski definition) is 4. The molecule has 0 aromatic carbocycles. The van der Waals surface area contributed by atoms with E-state index in [0.717, 1.165) is 31.6 Å². The lowest BCUT2D eigenvalue weighted by Gasteiger charge is -2.26. The Morgan fingerprint density at radius 3 is 2.89 bits per heavy atom. The van der Waals surface area contributed by atoms with E-state index in [0.29, 0.717) is 6.54 Å². The number of amides is 1. The maximum atomic E-state index is 11.9. The topological polar surface area (TPSA) is 64.4 Å². The SMILES string of the molecule is Cl.NC(C(=O)NCc1ccsc1)C1CCOCC1. The summed E-state index contributed by atoms with van der Waals surface area (Å²) in [4.78, 5) is 11.9. The predicted octanol–water partition coefficient (Wildman–Crippen LogP) is 1.54. The molecule has 1 saturated heterocycles. The second-order valence-corrected chi connectivity index (χ2v) is 5.11. The van der Waals surface area contributed by atoms with Gasteiger partial charge in [0.15, 0.2) is 0 Å². The number of nitrogens with two attached hydrogens (primary N) is 1. The van der Waals surface area contributed by atoms with Gasteiger partial charge in [-0.15, -0.1) is 12.4 Å². The van der Waals surface area contributed by atoms with Gasteiger partial charge in [0.05, 0.1) is 6.04 Å². The van der Waals surface area contributed by atoms with E-state index >= 15 is 0 Å². The number of ether oxygens (including phenoxy) is 1. The first-order valence-corrected chi connectivity index (χ1v) is 6.84. The van der Waals surface area contributed by atoms with Crippen LogP contribution in [0.4, 0.5) is 0 Å². The van der Waals surface area contributed by atoms with E-state index in [1.165, 1.54) is 0 Å². The molecule has 1 atom stereocenters. The number of rotatable bonds is 4. The standard InChI is InChI=1S/C12H18N2O2S.ClH/c13-11(10-1-4-16-5-2-10)12(15)14-7-9-3-6-17-8-9;/h3,6,8,10-11H,1-2,4-5,7,13H2,(H,14,15);1H. The number of carbonyl (C=O) groups excluding carboxylic acids is 1. The lowest BCUT2D eigenvalue weighted by Crippen LogP contribution is -2.46. The van der Waals surface area contributed by atoms with Crippen molar-refractivity contribution in [2.45, 2.75) is 25.4 Å². The summed E-state index contributed by atoms with van der Waals surface area (Å²) in [5.41, 5.74) is 7.09. The molecule has 1 aliphatic heterocycles. The molecule has 0 radical (unpaired) electrons. The van der Waals surface area contributed by atoms with Crippen LogP contribution >= 0.6 is 23.7 Å². The summed E-state index contributed by atoms with van der Waals surface area (Å²) in [5.74, 6) is 0.203. The molecule has 0 spiro atoms. The summed E-state index contributed by atoms with van der Waals surface area (Å²) < 4.78 is 5.26. The van der Waals surface area contributed by atoms with Crippen LogP contribution in [0.15, 0.2) is 16.8 Å². The highest BCUT2D eigenvalue weighted by Crippen LogP contribution is 2.17. The average Bonchev–Trinajstić information content (AvgIpc) is 2.89. The summed E-state index contributed by atoms with van der Waals surface area (Å²) in [6.45, 7) is 2.01. The third-order valence-corrected chi connectivity index (χ3v) is 3.86. The quantitative estimate of drug-likeness (QED) is 0.884. The molecule has 3 N–H and O–H groups in total. The molecule has 1 fully saturated rings. The Hall–Kier alpha value is -0.620. The van der Waals surface area contributed by atoms with Gasteiger partial charge in [0.25, 0.3) is 0 Å². The third kappa shape index (κ3) is 4.24. The van der Waals surface area contributed by atoms with Crippen molar-refractivity contribution in [2.24, 2.45) is 11.7 Å². The minimum atomic E-state index is -0.405. The monoisotopic (exact) mass is 290 g/mol. The zero-order chi connectivity index (χ0) is 12.1. The van der Waals surface area contributed by atoms with E-state index in [4.69, 9.17) is 10.5 Å². The van der Waals surface area contributed by atoms with E-state index < -0.39 is 6.04 Å². The largest absolute Gasteiger partial charge is 0.381 e. The molecule has 0 aliphatic carbocycles. The van der Waals surface area contributed by atoms with Crippen LogP contribution in [0.2, 0.25) is 0 Å². The van der Waals surface area contributed by atoms with Crippen LogP contribution in [0.1, 0.15) is 18.4 Å². The van der Waals surface area contributed by atoms with Gasteiger partial charge in [-0.3, -0.25) is 4.79 Å². The summed E-state index contributed by atoms with van der Waals surface area (Å²) >= 11 is 1.63. The molecular formula is C12H19ClN2O2S. The van der Waals surface area contributed by atoms with Crippen LogP contribution in [0.3, 0.4) is 0 Å². The van der Waals surface area contributed by atoms with E-state index in [1.54, 1.807) is 11.3 Å². The van der Waals surface area contributed by atoms with Gasteiger partial charge in [-0.05, 0) is 41.1 Å². The molecule has 18 heavy (non-hydrogen) atoms. The Balaban J connectivity index is 0.00000162. The van der Waals surface area contributed by atoms with Crippen molar-refractivity contribution in [3.8, 4) is 0 Å². The second kappa shape index (κ2) is 7.74. The van der Waals surface area contributed by atoms with E-state index in [1.807, 2.05) is 16.8 Å². The minimum Gasteiger partial charge on any atom is -0.381 e. The van der Waals surface area contributed by atoms with Crippen molar-refractivity contribution in [3.05, 3.63) is 22.4 Å². The van der Waals surface area contributed by atoms with Crippen molar-refractivity contribution < 1.29 is 9.53 Å². The number of halogens is 1. The molecule has 0 saturated carbocycles. The summed E-state index contributed by atoms with van der Waals surface area (Å²) in [7, 11) is 0. The lowest BCUT2D eigenvalue weighted by molar-refractivity contribution is -0.124. The lowest BCUT2D eigenvalue weighted by atomic mass is 9.92. The fourth-order valence-corrected chi connectivity index (χ4v) is 2.66. The summed E-state index contributed by atoms with van der Waals surface area (Å²) in [6.07, 6.45) is 1.76. The van der Waals surface area contributed by atoms with Crippen molar-refractivity contribution in [1.82, 2.24) is 5.32 Å². The third-order valence-electron chi connectivity index (χ3n) is 3.12. The molecule has 0 bridgehead atoms. The Morgan fingerprint density at radius 2 is 2.28 bits per heavy atom. The van der Waals surface area contributed by atoms with Gasteiger partial charge in [-0.2, -0.15) is 11.3 Å². The Labute approximate surface area is 117 Å². The molecule has 6 heteroatoms. The van der Waals surface area contributed by atoms with Gasteiger partial charge in [0.1, 0.15) is 0 Å². The van der Waals surface area contributed by atoms with Crippen LogP contribution < -0.4 is 11.1 Å². The number of nitrogens with one attached hydrogen (secondary N) is 1. The molecule has 1 unspecified atom stereocenters. The molecule has 4 nitrogen and oxygen atoms in total. The van der Waals surface area contributed by atoms with Crippen LogP contribution in [0.25, 0.3) is 0 Å². The number of hydrogen-bond donors (Lipinski definition) is 2. The molecule has 1 aromatic heterocycles. The fraction of sp³-hybridized carbons (Fsp3) is 0.583. The van der Waals surface area contributed by atoms with E-state index in [2.05, 4.69) is 5.32 Å². The zero-order valence-corrected chi connectivity index (χ0v) is 11.8. The van der Waals surface area contributed by atoms with E-state index in [-0.39, 0.29) is 24.2 Å². The van der Waals surface area contributed by atoms with Crippen molar-refractivity contribution in [1.29, 1.82) is 0 Å². The van der Waals surface area contributed by atoms with Crippen LogP contribution in [0.5, 0.6) is 0 Å². The zero-order valence-electron chi connectivity index (χ0n) is 10.1. The minimum absolute atomic E-state index is 0. The molecular weight excluding hydrogens is 272 g/mol. The Morgan fingerprint density at radius 1 is 1.56 bits per heavy atom.